The highest BCUT2D eigenvalue weighted by Crippen LogP contribution is 2.42. The van der Waals surface area contributed by atoms with Crippen molar-refractivity contribution in [2.75, 3.05) is 26.8 Å². The number of hydrogen-bond acceptors (Lipinski definition) is 5. The van der Waals surface area contributed by atoms with Crippen LogP contribution in [0.15, 0.2) is 48.5 Å². The fourth-order valence-electron chi connectivity index (χ4n) is 3.59. The van der Waals surface area contributed by atoms with Gasteiger partial charge in [0.05, 0.1) is 19.8 Å². The molecular formula is C23H26N2O5. The molecule has 0 aliphatic carbocycles. The predicted molar refractivity (Wildman–Crippen MR) is 112 cm³/mol. The van der Waals surface area contributed by atoms with Gasteiger partial charge in [-0.25, -0.2) is 4.79 Å². The zero-order valence-corrected chi connectivity index (χ0v) is 17.7. The van der Waals surface area contributed by atoms with Gasteiger partial charge in [-0.2, -0.15) is 0 Å². The van der Waals surface area contributed by atoms with E-state index in [9.17, 15) is 14.4 Å². The van der Waals surface area contributed by atoms with Gasteiger partial charge in [0.15, 0.2) is 5.78 Å². The zero-order chi connectivity index (χ0) is 21.9. The Bertz CT molecular complexity index is 959. The third-order valence-corrected chi connectivity index (χ3v) is 5.33. The Morgan fingerprint density at radius 1 is 1.00 bits per heavy atom. The number of likely N-dealkylation sites (N-methyl/N-ethyl adjacent to an activating group) is 1. The highest BCUT2D eigenvalue weighted by molar-refractivity contribution is 6.11. The lowest BCUT2D eigenvalue weighted by Gasteiger charge is -2.30. The highest BCUT2D eigenvalue weighted by atomic mass is 16.5. The molecule has 7 nitrogen and oxygen atoms in total. The van der Waals surface area contributed by atoms with Gasteiger partial charge in [0.1, 0.15) is 17.0 Å². The van der Waals surface area contributed by atoms with Crippen molar-refractivity contribution in [2.24, 2.45) is 0 Å². The first-order valence-electron chi connectivity index (χ1n) is 9.92. The van der Waals surface area contributed by atoms with Crippen molar-refractivity contribution in [3.63, 3.8) is 0 Å². The van der Waals surface area contributed by atoms with Gasteiger partial charge in [-0.15, -0.1) is 0 Å². The van der Waals surface area contributed by atoms with Crippen molar-refractivity contribution in [3.05, 3.63) is 59.7 Å². The van der Waals surface area contributed by atoms with Crippen molar-refractivity contribution < 1.29 is 23.9 Å². The van der Waals surface area contributed by atoms with Gasteiger partial charge in [0, 0.05) is 18.2 Å². The fourth-order valence-corrected chi connectivity index (χ4v) is 3.59. The predicted octanol–water partition coefficient (Wildman–Crippen LogP) is 3.48. The number of carbonyl (C=O) groups excluding carboxylic acids is 3. The lowest BCUT2D eigenvalue weighted by Crippen LogP contribution is -2.42. The molecule has 1 unspecified atom stereocenters. The first-order valence-corrected chi connectivity index (χ1v) is 9.92. The van der Waals surface area contributed by atoms with Crippen molar-refractivity contribution in [1.29, 1.82) is 0 Å². The molecule has 0 saturated carbocycles. The summed E-state index contributed by atoms with van der Waals surface area (Å²) < 4.78 is 11.3. The zero-order valence-electron chi connectivity index (χ0n) is 17.7. The van der Waals surface area contributed by atoms with E-state index in [-0.39, 0.29) is 12.3 Å². The van der Waals surface area contributed by atoms with Gasteiger partial charge in [-0.3, -0.25) is 14.5 Å². The second-order valence-electron chi connectivity index (χ2n) is 7.12. The number of carbonyl (C=O) groups is 3. The Morgan fingerprint density at radius 3 is 2.30 bits per heavy atom. The summed E-state index contributed by atoms with van der Waals surface area (Å²) in [5, 5.41) is 0. The summed E-state index contributed by atoms with van der Waals surface area (Å²) in [6, 6.07) is 13.3. The summed E-state index contributed by atoms with van der Waals surface area (Å²) >= 11 is 0. The number of amides is 3. The monoisotopic (exact) mass is 410 g/mol. The molecule has 1 fully saturated rings. The quantitative estimate of drug-likeness (QED) is 0.492. The molecule has 1 aliphatic heterocycles. The number of rotatable bonds is 8. The minimum absolute atomic E-state index is 0.303. The smallest absolute Gasteiger partial charge is 0.328 e. The van der Waals surface area contributed by atoms with Gasteiger partial charge in [0.2, 0.25) is 0 Å². The van der Waals surface area contributed by atoms with Crippen LogP contribution in [0.25, 0.3) is 0 Å². The van der Waals surface area contributed by atoms with Gasteiger partial charge < -0.3 is 14.4 Å². The van der Waals surface area contributed by atoms with Gasteiger partial charge in [-0.05, 0) is 39.0 Å². The molecule has 0 aromatic heterocycles. The average Bonchev–Trinajstić information content (AvgIpc) is 2.92. The first-order chi connectivity index (χ1) is 14.3. The van der Waals surface area contributed by atoms with Crippen LogP contribution in [0.5, 0.6) is 11.5 Å². The molecule has 1 aliphatic rings. The topological polar surface area (TPSA) is 76.1 Å². The molecule has 158 valence electrons. The largest absolute Gasteiger partial charge is 0.494 e. The van der Waals surface area contributed by atoms with Crippen LogP contribution in [0.2, 0.25) is 0 Å². The normalized spacial score (nSPS) is 18.7. The van der Waals surface area contributed by atoms with E-state index in [4.69, 9.17) is 9.47 Å². The number of urea groups is 1. The molecule has 3 rings (SSSR count). The summed E-state index contributed by atoms with van der Waals surface area (Å²) in [6.07, 6.45) is 0. The third-order valence-electron chi connectivity index (χ3n) is 5.33. The van der Waals surface area contributed by atoms with E-state index in [1.165, 1.54) is 4.90 Å². The Hall–Kier alpha value is -3.35. The van der Waals surface area contributed by atoms with Crippen LogP contribution in [0.4, 0.5) is 4.79 Å². The van der Waals surface area contributed by atoms with Crippen LogP contribution in [0.3, 0.4) is 0 Å². The molecule has 1 heterocycles. The molecule has 30 heavy (non-hydrogen) atoms. The Morgan fingerprint density at radius 2 is 1.67 bits per heavy atom. The Balaban J connectivity index is 1.99. The van der Waals surface area contributed by atoms with E-state index < -0.39 is 17.5 Å². The number of nitrogens with zero attached hydrogens (tertiary/aromatic N) is 2. The van der Waals surface area contributed by atoms with Crippen LogP contribution >= 0.6 is 0 Å². The summed E-state index contributed by atoms with van der Waals surface area (Å²) in [5.41, 5.74) is -0.361. The number of ketones is 1. The molecule has 1 atom stereocenters. The van der Waals surface area contributed by atoms with E-state index in [1.54, 1.807) is 62.5 Å². The van der Waals surface area contributed by atoms with Crippen LogP contribution in [0.1, 0.15) is 36.7 Å². The van der Waals surface area contributed by atoms with Crippen LogP contribution in [-0.4, -0.2) is 54.3 Å². The van der Waals surface area contributed by atoms with E-state index in [0.29, 0.717) is 35.8 Å². The minimum atomic E-state index is -1.33. The van der Waals surface area contributed by atoms with Crippen molar-refractivity contribution in [3.8, 4) is 11.5 Å². The Labute approximate surface area is 176 Å². The van der Waals surface area contributed by atoms with Gasteiger partial charge in [-0.1, -0.05) is 30.3 Å². The molecule has 0 radical (unpaired) electrons. The molecule has 0 spiro atoms. The van der Waals surface area contributed by atoms with Crippen LogP contribution in [-0.2, 0) is 10.3 Å². The number of imide groups is 1. The number of benzene rings is 2. The lowest BCUT2D eigenvalue weighted by atomic mass is 9.89. The molecule has 3 amide bonds. The van der Waals surface area contributed by atoms with E-state index >= 15 is 0 Å². The average molecular weight is 410 g/mol. The maximum absolute atomic E-state index is 13.5. The number of Topliss-reactive ketones (excluding diaryl/α,β-unsaturated/α-hetero) is 1. The first kappa shape index (κ1) is 21.4. The lowest BCUT2D eigenvalue weighted by molar-refractivity contribution is -0.132. The summed E-state index contributed by atoms with van der Waals surface area (Å²) in [6.45, 7) is 5.91. The summed E-state index contributed by atoms with van der Waals surface area (Å²) in [5.74, 6) is 0.286. The second kappa shape index (κ2) is 8.57. The standard InChI is InChI=1S/C23H26N2O5/c1-5-29-17-12-13-20(30-6-2)18(14-17)23(3)21(27)25(22(28)24(23)4)15-19(26)16-10-8-7-9-11-16/h7-14H,5-6,15H2,1-4H3. The number of hydrogen-bond donors (Lipinski definition) is 0. The molecular weight excluding hydrogens is 384 g/mol. The van der Waals surface area contributed by atoms with Crippen LogP contribution < -0.4 is 9.47 Å². The van der Waals surface area contributed by atoms with Crippen molar-refractivity contribution >= 4 is 17.7 Å². The SMILES string of the molecule is CCOc1ccc(OCC)c(C2(C)C(=O)N(CC(=O)c3ccccc3)C(=O)N2C)c1. The molecule has 7 heteroatoms. The summed E-state index contributed by atoms with van der Waals surface area (Å²) in [4.78, 5) is 41.4. The van der Waals surface area contributed by atoms with E-state index in [0.717, 1.165) is 4.90 Å². The van der Waals surface area contributed by atoms with E-state index in [1.807, 2.05) is 13.8 Å². The fraction of sp³-hybridized carbons (Fsp3) is 0.348. The number of ether oxygens (including phenoxy) is 2. The molecule has 2 aromatic carbocycles. The Kier molecular flexibility index (Phi) is 6.10. The molecule has 2 aromatic rings. The van der Waals surface area contributed by atoms with Gasteiger partial charge >= 0.3 is 6.03 Å². The van der Waals surface area contributed by atoms with Crippen molar-refractivity contribution in [1.82, 2.24) is 9.80 Å². The van der Waals surface area contributed by atoms with Crippen LogP contribution in [0, 0.1) is 0 Å². The van der Waals surface area contributed by atoms with Gasteiger partial charge in [0.25, 0.3) is 5.91 Å². The van der Waals surface area contributed by atoms with E-state index in [2.05, 4.69) is 0 Å². The molecule has 0 bridgehead atoms. The third kappa shape index (κ3) is 3.63. The van der Waals surface area contributed by atoms with Crippen molar-refractivity contribution in [2.45, 2.75) is 26.3 Å². The highest BCUT2D eigenvalue weighted by Gasteiger charge is 2.55. The second-order valence-corrected chi connectivity index (χ2v) is 7.12. The minimum Gasteiger partial charge on any atom is -0.494 e. The summed E-state index contributed by atoms with van der Waals surface area (Å²) in [7, 11) is 1.55. The maximum atomic E-state index is 13.5. The molecule has 1 saturated heterocycles. The maximum Gasteiger partial charge on any atom is 0.328 e. The molecule has 0 N–H and O–H groups in total.